The van der Waals surface area contributed by atoms with Gasteiger partial charge in [-0.1, -0.05) is 5.21 Å². The predicted octanol–water partition coefficient (Wildman–Crippen LogP) is 1.96. The Morgan fingerprint density at radius 2 is 2.25 bits per heavy atom. The predicted molar refractivity (Wildman–Crippen MR) is 85.7 cm³/mol. The van der Waals surface area contributed by atoms with Crippen molar-refractivity contribution in [3.05, 3.63) is 46.7 Å². The van der Waals surface area contributed by atoms with Gasteiger partial charge in [-0.05, 0) is 32.0 Å². The minimum Gasteiger partial charge on any atom is -0.459 e. The van der Waals surface area contributed by atoms with Crippen LogP contribution in [0.15, 0.2) is 22.6 Å². The average Bonchev–Trinajstić information content (AvgIpc) is 3.08. The molecule has 1 aromatic carbocycles. The van der Waals surface area contributed by atoms with Gasteiger partial charge in [-0.3, -0.25) is 4.79 Å². The molecule has 0 bridgehead atoms. The lowest BCUT2D eigenvalue weighted by Gasteiger charge is -2.13. The largest absolute Gasteiger partial charge is 0.459 e. The number of amides is 1. The monoisotopic (exact) mass is 331 g/mol. The number of aryl methyl sites for hydroxylation is 2. The van der Waals surface area contributed by atoms with Crippen LogP contribution in [0.1, 0.15) is 40.5 Å². The summed E-state index contributed by atoms with van der Waals surface area (Å²) < 4.78 is 20.6. The van der Waals surface area contributed by atoms with E-state index in [0.717, 1.165) is 5.56 Å². The van der Waals surface area contributed by atoms with E-state index >= 15 is 0 Å². The first-order valence-electron chi connectivity index (χ1n) is 7.50. The molecule has 0 aliphatic carbocycles. The van der Waals surface area contributed by atoms with E-state index in [0.29, 0.717) is 28.1 Å². The maximum absolute atomic E-state index is 13.4. The summed E-state index contributed by atoms with van der Waals surface area (Å²) in [5.41, 5.74) is 7.68. The fourth-order valence-electron chi connectivity index (χ4n) is 2.77. The van der Waals surface area contributed by atoms with Crippen molar-refractivity contribution in [3.8, 4) is 0 Å². The first-order valence-corrected chi connectivity index (χ1v) is 7.50. The summed E-state index contributed by atoms with van der Waals surface area (Å²) in [6.07, 6.45) is 0. The standard InChI is InChI=1S/C16H18FN5O2/c1-8-11-6-10(17)4-5-13(11)24-15(8)9(2)19-16(23)14-12(7-18)20-21-22(14)3/h4-6,9H,7,18H2,1-3H3,(H,19,23). The number of nitrogens with two attached hydrogens (primary N) is 1. The van der Waals surface area contributed by atoms with Gasteiger partial charge in [-0.15, -0.1) is 5.10 Å². The van der Waals surface area contributed by atoms with Crippen LogP contribution in [0.25, 0.3) is 11.0 Å². The van der Waals surface area contributed by atoms with Crippen LogP contribution in [0.3, 0.4) is 0 Å². The summed E-state index contributed by atoms with van der Waals surface area (Å²) in [5.74, 6) is -0.0990. The molecule has 3 rings (SSSR count). The Bertz CT molecular complexity index is 915. The number of carbonyl (C=O) groups is 1. The first-order chi connectivity index (χ1) is 11.4. The molecule has 1 atom stereocenters. The lowest BCUT2D eigenvalue weighted by atomic mass is 10.1. The molecule has 3 aromatic rings. The zero-order valence-electron chi connectivity index (χ0n) is 13.6. The van der Waals surface area contributed by atoms with E-state index in [1.54, 1.807) is 20.0 Å². The van der Waals surface area contributed by atoms with Crippen LogP contribution in [0.5, 0.6) is 0 Å². The smallest absolute Gasteiger partial charge is 0.272 e. The highest BCUT2D eigenvalue weighted by Gasteiger charge is 2.23. The summed E-state index contributed by atoms with van der Waals surface area (Å²) in [5, 5.41) is 11.2. The molecule has 1 unspecified atom stereocenters. The molecule has 24 heavy (non-hydrogen) atoms. The van der Waals surface area contributed by atoms with Crippen LogP contribution in [-0.2, 0) is 13.6 Å². The molecular weight excluding hydrogens is 313 g/mol. The van der Waals surface area contributed by atoms with Crippen molar-refractivity contribution in [2.45, 2.75) is 26.4 Å². The number of hydrogen-bond donors (Lipinski definition) is 2. The van der Waals surface area contributed by atoms with Gasteiger partial charge in [0.25, 0.3) is 5.91 Å². The van der Waals surface area contributed by atoms with Gasteiger partial charge in [0, 0.05) is 24.5 Å². The third kappa shape index (κ3) is 2.65. The summed E-state index contributed by atoms with van der Waals surface area (Å²) in [4.78, 5) is 12.5. The number of halogens is 1. The van der Waals surface area contributed by atoms with Crippen molar-refractivity contribution in [3.63, 3.8) is 0 Å². The molecule has 0 aliphatic heterocycles. The minimum absolute atomic E-state index is 0.119. The SMILES string of the molecule is Cc1c(C(C)NC(=O)c2c(CN)nnn2C)oc2ccc(F)cc12. The molecule has 2 aromatic heterocycles. The number of nitrogens with zero attached hydrogens (tertiary/aromatic N) is 3. The van der Waals surface area contributed by atoms with Gasteiger partial charge in [-0.25, -0.2) is 9.07 Å². The fourth-order valence-corrected chi connectivity index (χ4v) is 2.77. The van der Waals surface area contributed by atoms with E-state index in [1.807, 2.05) is 6.92 Å². The Labute approximate surface area is 137 Å². The fraction of sp³-hybridized carbons (Fsp3) is 0.312. The zero-order chi connectivity index (χ0) is 17.4. The van der Waals surface area contributed by atoms with Crippen LogP contribution in [-0.4, -0.2) is 20.9 Å². The lowest BCUT2D eigenvalue weighted by Crippen LogP contribution is -2.29. The molecule has 0 radical (unpaired) electrons. The Kier molecular flexibility index (Phi) is 4.06. The number of fused-ring (bicyclic) bond motifs is 1. The highest BCUT2D eigenvalue weighted by Crippen LogP contribution is 2.30. The summed E-state index contributed by atoms with van der Waals surface area (Å²) >= 11 is 0. The van der Waals surface area contributed by atoms with Crippen LogP contribution in [0, 0.1) is 12.7 Å². The van der Waals surface area contributed by atoms with Crippen molar-refractivity contribution >= 4 is 16.9 Å². The number of nitrogens with one attached hydrogen (secondary N) is 1. The maximum Gasteiger partial charge on any atom is 0.272 e. The van der Waals surface area contributed by atoms with E-state index in [2.05, 4.69) is 15.6 Å². The highest BCUT2D eigenvalue weighted by atomic mass is 19.1. The molecule has 7 nitrogen and oxygen atoms in total. The van der Waals surface area contributed by atoms with Gasteiger partial charge >= 0.3 is 0 Å². The van der Waals surface area contributed by atoms with Crippen molar-refractivity contribution in [1.29, 1.82) is 0 Å². The topological polar surface area (TPSA) is 99.0 Å². The third-order valence-corrected chi connectivity index (χ3v) is 3.98. The number of carbonyl (C=O) groups excluding carboxylic acids is 1. The molecule has 2 heterocycles. The van der Waals surface area contributed by atoms with Crippen molar-refractivity contribution < 1.29 is 13.6 Å². The van der Waals surface area contributed by atoms with Gasteiger partial charge in [-0.2, -0.15) is 0 Å². The highest BCUT2D eigenvalue weighted by molar-refractivity contribution is 5.94. The third-order valence-electron chi connectivity index (χ3n) is 3.98. The number of benzene rings is 1. The van der Waals surface area contributed by atoms with E-state index in [1.165, 1.54) is 16.8 Å². The quantitative estimate of drug-likeness (QED) is 0.761. The zero-order valence-corrected chi connectivity index (χ0v) is 13.6. The van der Waals surface area contributed by atoms with Gasteiger partial charge in [0.15, 0.2) is 5.69 Å². The Hall–Kier alpha value is -2.74. The van der Waals surface area contributed by atoms with E-state index < -0.39 is 6.04 Å². The molecule has 0 saturated heterocycles. The second-order valence-corrected chi connectivity index (χ2v) is 5.64. The maximum atomic E-state index is 13.4. The second-order valence-electron chi connectivity index (χ2n) is 5.64. The number of aromatic nitrogens is 3. The minimum atomic E-state index is -0.409. The van der Waals surface area contributed by atoms with Crippen LogP contribution in [0.2, 0.25) is 0 Å². The molecule has 0 spiro atoms. The average molecular weight is 331 g/mol. The second kappa shape index (κ2) is 6.04. The van der Waals surface area contributed by atoms with Gasteiger partial charge in [0.1, 0.15) is 22.9 Å². The molecular formula is C16H18FN5O2. The molecule has 0 aliphatic rings. The Morgan fingerprint density at radius 3 is 2.96 bits per heavy atom. The van der Waals surface area contributed by atoms with E-state index in [4.69, 9.17) is 10.2 Å². The first kappa shape index (κ1) is 16.1. The molecule has 0 saturated carbocycles. The summed E-state index contributed by atoms with van der Waals surface area (Å²) in [6.45, 7) is 3.75. The molecule has 1 amide bonds. The molecule has 126 valence electrons. The van der Waals surface area contributed by atoms with Gasteiger partial charge in [0.2, 0.25) is 0 Å². The van der Waals surface area contributed by atoms with Crippen LogP contribution in [0.4, 0.5) is 4.39 Å². The number of furan rings is 1. The molecule has 3 N–H and O–H groups in total. The number of rotatable bonds is 4. The van der Waals surface area contributed by atoms with E-state index in [-0.39, 0.29) is 18.3 Å². The summed E-state index contributed by atoms with van der Waals surface area (Å²) in [7, 11) is 1.63. The van der Waals surface area contributed by atoms with Gasteiger partial charge in [0.05, 0.1) is 6.04 Å². The van der Waals surface area contributed by atoms with Crippen molar-refractivity contribution in [2.75, 3.05) is 0 Å². The van der Waals surface area contributed by atoms with Crippen molar-refractivity contribution in [2.24, 2.45) is 12.8 Å². The Morgan fingerprint density at radius 1 is 1.50 bits per heavy atom. The number of hydrogen-bond acceptors (Lipinski definition) is 5. The summed E-state index contributed by atoms with van der Waals surface area (Å²) in [6, 6.07) is 3.93. The van der Waals surface area contributed by atoms with Crippen LogP contribution >= 0.6 is 0 Å². The normalized spacial score (nSPS) is 12.5. The molecule has 0 fully saturated rings. The van der Waals surface area contributed by atoms with Crippen molar-refractivity contribution in [1.82, 2.24) is 20.3 Å². The van der Waals surface area contributed by atoms with Crippen LogP contribution < -0.4 is 11.1 Å². The molecule has 8 heteroatoms. The van der Waals surface area contributed by atoms with E-state index in [9.17, 15) is 9.18 Å². The van der Waals surface area contributed by atoms with Gasteiger partial charge < -0.3 is 15.5 Å². The Balaban J connectivity index is 1.90. The lowest BCUT2D eigenvalue weighted by molar-refractivity contribution is 0.0925.